The van der Waals surface area contributed by atoms with E-state index in [2.05, 4.69) is 20.6 Å². The van der Waals surface area contributed by atoms with Gasteiger partial charge >= 0.3 is 0 Å². The maximum absolute atomic E-state index is 12.6. The summed E-state index contributed by atoms with van der Waals surface area (Å²) in [6.07, 6.45) is 0. The Morgan fingerprint density at radius 3 is 2.19 bits per heavy atom. The molecule has 3 aromatic rings. The summed E-state index contributed by atoms with van der Waals surface area (Å²) in [5.74, 6) is 0.111. The van der Waals surface area contributed by atoms with Crippen LogP contribution in [-0.2, 0) is 0 Å². The molecule has 0 aliphatic carbocycles. The molecule has 0 aliphatic heterocycles. The molecule has 3 rings (SSSR count). The van der Waals surface area contributed by atoms with Gasteiger partial charge < -0.3 is 10.6 Å². The van der Waals surface area contributed by atoms with E-state index in [4.69, 9.17) is 34.8 Å². The van der Waals surface area contributed by atoms with Crippen molar-refractivity contribution in [3.05, 3.63) is 74.5 Å². The fourth-order valence-corrected chi connectivity index (χ4v) is 3.41. The summed E-state index contributed by atoms with van der Waals surface area (Å²) in [5, 5.41) is 6.73. The third-order valence-electron chi connectivity index (χ3n) is 3.61. The molecule has 0 spiro atoms. The Hall–Kier alpha value is -2.34. The highest BCUT2D eigenvalue weighted by atomic mass is 35.5. The van der Waals surface area contributed by atoms with Crippen LogP contribution in [0.1, 0.15) is 21.7 Å². The fraction of sp³-hybridized carbons (Fsp3) is 0.105. The van der Waals surface area contributed by atoms with Crippen LogP contribution in [-0.4, -0.2) is 15.9 Å². The largest absolute Gasteiger partial charge is 0.324 e. The van der Waals surface area contributed by atoms with Crippen molar-refractivity contribution in [3.8, 4) is 0 Å². The summed E-state index contributed by atoms with van der Waals surface area (Å²) in [4.78, 5) is 21.3. The first-order chi connectivity index (χ1) is 12.8. The molecule has 0 saturated carbocycles. The van der Waals surface area contributed by atoms with E-state index in [0.29, 0.717) is 27.9 Å². The summed E-state index contributed by atoms with van der Waals surface area (Å²) in [6.45, 7) is 3.78. The van der Waals surface area contributed by atoms with Crippen LogP contribution in [0.15, 0.2) is 42.5 Å². The molecule has 0 aliphatic rings. The van der Waals surface area contributed by atoms with Crippen LogP contribution in [0, 0.1) is 13.8 Å². The van der Waals surface area contributed by atoms with Crippen molar-refractivity contribution < 1.29 is 4.79 Å². The maximum Gasteiger partial charge on any atom is 0.255 e. The van der Waals surface area contributed by atoms with Gasteiger partial charge in [-0.3, -0.25) is 4.79 Å². The maximum atomic E-state index is 12.6. The van der Waals surface area contributed by atoms with Crippen LogP contribution < -0.4 is 10.6 Å². The molecule has 8 heteroatoms. The van der Waals surface area contributed by atoms with E-state index < -0.39 is 0 Å². The molecule has 1 amide bonds. The zero-order chi connectivity index (χ0) is 19.6. The van der Waals surface area contributed by atoms with Gasteiger partial charge in [0.25, 0.3) is 5.91 Å². The normalized spacial score (nSPS) is 10.6. The smallest absolute Gasteiger partial charge is 0.255 e. The first-order valence-corrected chi connectivity index (χ1v) is 9.10. The van der Waals surface area contributed by atoms with Gasteiger partial charge in [0.05, 0.1) is 15.7 Å². The van der Waals surface area contributed by atoms with E-state index in [1.807, 2.05) is 26.0 Å². The monoisotopic (exact) mass is 420 g/mol. The van der Waals surface area contributed by atoms with Gasteiger partial charge in [-0.2, -0.15) is 0 Å². The third kappa shape index (κ3) is 4.89. The number of nitrogens with one attached hydrogen (secondary N) is 2. The van der Waals surface area contributed by atoms with Gasteiger partial charge in [-0.05, 0) is 50.2 Å². The molecule has 2 N–H and O–H groups in total. The van der Waals surface area contributed by atoms with E-state index in [0.717, 1.165) is 11.4 Å². The Balaban J connectivity index is 1.82. The molecular formula is C19H15Cl3N4O. The molecule has 0 bridgehead atoms. The predicted molar refractivity (Wildman–Crippen MR) is 111 cm³/mol. The Bertz CT molecular complexity index is 980. The molecule has 138 valence electrons. The number of aromatic nitrogens is 2. The highest BCUT2D eigenvalue weighted by molar-refractivity contribution is 6.42. The molecule has 1 heterocycles. The SMILES string of the molecule is Cc1cc(C)nc(Nc2cccc(C(=O)Nc3c(Cl)cc(Cl)cc3Cl)c2)n1. The van der Waals surface area contributed by atoms with E-state index in [-0.39, 0.29) is 16.0 Å². The van der Waals surface area contributed by atoms with Gasteiger partial charge in [0, 0.05) is 27.7 Å². The number of rotatable bonds is 4. The number of hydrogen-bond donors (Lipinski definition) is 2. The number of nitrogens with zero attached hydrogens (tertiary/aromatic N) is 2. The Morgan fingerprint density at radius 1 is 0.926 bits per heavy atom. The van der Waals surface area contributed by atoms with E-state index in [1.165, 1.54) is 12.1 Å². The number of anilines is 3. The molecular weight excluding hydrogens is 407 g/mol. The topological polar surface area (TPSA) is 66.9 Å². The third-order valence-corrected chi connectivity index (χ3v) is 4.42. The van der Waals surface area contributed by atoms with Crippen molar-refractivity contribution in [1.82, 2.24) is 9.97 Å². The average molecular weight is 422 g/mol. The lowest BCUT2D eigenvalue weighted by Crippen LogP contribution is -2.13. The molecule has 0 radical (unpaired) electrons. The first kappa shape index (κ1) is 19.4. The minimum Gasteiger partial charge on any atom is -0.324 e. The zero-order valence-corrected chi connectivity index (χ0v) is 16.7. The molecule has 0 saturated heterocycles. The molecule has 5 nitrogen and oxygen atoms in total. The van der Waals surface area contributed by atoms with Crippen molar-refractivity contribution in [1.29, 1.82) is 0 Å². The fourth-order valence-electron chi connectivity index (χ4n) is 2.50. The van der Waals surface area contributed by atoms with Crippen LogP contribution in [0.4, 0.5) is 17.3 Å². The summed E-state index contributed by atoms with van der Waals surface area (Å²) >= 11 is 18.1. The standard InChI is InChI=1S/C19H15Cl3N4O/c1-10-6-11(2)24-19(23-10)25-14-5-3-4-12(7-14)18(27)26-17-15(21)8-13(20)9-16(17)22/h3-9H,1-2H3,(H,26,27)(H,23,24,25). The number of aryl methyl sites for hydroxylation is 2. The van der Waals surface area contributed by atoms with Crippen molar-refractivity contribution in [2.45, 2.75) is 13.8 Å². The first-order valence-electron chi connectivity index (χ1n) is 7.97. The highest BCUT2D eigenvalue weighted by Gasteiger charge is 2.13. The second-order valence-electron chi connectivity index (χ2n) is 5.88. The summed E-state index contributed by atoms with van der Waals surface area (Å²) in [7, 11) is 0. The van der Waals surface area contributed by atoms with Crippen LogP contribution >= 0.6 is 34.8 Å². The van der Waals surface area contributed by atoms with Crippen molar-refractivity contribution in [3.63, 3.8) is 0 Å². The molecule has 0 atom stereocenters. The van der Waals surface area contributed by atoms with Gasteiger partial charge in [0.15, 0.2) is 0 Å². The predicted octanol–water partition coefficient (Wildman–Crippen LogP) is 6.05. The van der Waals surface area contributed by atoms with Crippen LogP contribution in [0.2, 0.25) is 15.1 Å². The summed E-state index contributed by atoms with van der Waals surface area (Å²) < 4.78 is 0. The number of halogens is 3. The Kier molecular flexibility index (Phi) is 5.85. The summed E-state index contributed by atoms with van der Waals surface area (Å²) in [5.41, 5.74) is 3.12. The second kappa shape index (κ2) is 8.13. The van der Waals surface area contributed by atoms with Gasteiger partial charge in [-0.1, -0.05) is 40.9 Å². The average Bonchev–Trinajstić information content (AvgIpc) is 2.57. The number of amides is 1. The zero-order valence-electron chi connectivity index (χ0n) is 14.5. The molecule has 0 fully saturated rings. The second-order valence-corrected chi connectivity index (χ2v) is 7.13. The quantitative estimate of drug-likeness (QED) is 0.538. The van der Waals surface area contributed by atoms with Gasteiger partial charge in [0.2, 0.25) is 5.95 Å². The van der Waals surface area contributed by atoms with E-state index >= 15 is 0 Å². The summed E-state index contributed by atoms with van der Waals surface area (Å²) in [6, 6.07) is 11.9. The highest BCUT2D eigenvalue weighted by Crippen LogP contribution is 2.34. The van der Waals surface area contributed by atoms with E-state index in [9.17, 15) is 4.79 Å². The van der Waals surface area contributed by atoms with Crippen LogP contribution in [0.5, 0.6) is 0 Å². The molecule has 27 heavy (non-hydrogen) atoms. The van der Waals surface area contributed by atoms with Crippen molar-refractivity contribution in [2.75, 3.05) is 10.6 Å². The van der Waals surface area contributed by atoms with Gasteiger partial charge in [-0.25, -0.2) is 9.97 Å². The minimum absolute atomic E-state index is 0.263. The molecule has 1 aromatic heterocycles. The molecule has 2 aromatic carbocycles. The van der Waals surface area contributed by atoms with E-state index in [1.54, 1.807) is 18.2 Å². The van der Waals surface area contributed by atoms with Gasteiger partial charge in [-0.15, -0.1) is 0 Å². The number of carbonyl (C=O) groups excluding carboxylic acids is 1. The van der Waals surface area contributed by atoms with Gasteiger partial charge in [0.1, 0.15) is 0 Å². The van der Waals surface area contributed by atoms with Crippen molar-refractivity contribution in [2.24, 2.45) is 0 Å². The van der Waals surface area contributed by atoms with Crippen LogP contribution in [0.25, 0.3) is 0 Å². The molecule has 0 unspecified atom stereocenters. The lowest BCUT2D eigenvalue weighted by atomic mass is 10.2. The Labute approximate surface area is 171 Å². The number of hydrogen-bond acceptors (Lipinski definition) is 4. The Morgan fingerprint density at radius 2 is 1.56 bits per heavy atom. The number of carbonyl (C=O) groups is 1. The van der Waals surface area contributed by atoms with Crippen LogP contribution in [0.3, 0.4) is 0 Å². The number of benzene rings is 2. The minimum atomic E-state index is -0.355. The lowest BCUT2D eigenvalue weighted by molar-refractivity contribution is 0.102. The lowest BCUT2D eigenvalue weighted by Gasteiger charge is -2.11. The van der Waals surface area contributed by atoms with Crippen molar-refractivity contribution >= 4 is 58.0 Å².